The molecule has 0 radical (unpaired) electrons. The average Bonchev–Trinajstić information content (AvgIpc) is 2.77. The van der Waals surface area contributed by atoms with Gasteiger partial charge in [-0.3, -0.25) is 9.59 Å². The van der Waals surface area contributed by atoms with Crippen molar-refractivity contribution < 1.29 is 9.59 Å². The van der Waals surface area contributed by atoms with Gasteiger partial charge in [-0.25, -0.2) is 0 Å². The summed E-state index contributed by atoms with van der Waals surface area (Å²) in [5.41, 5.74) is 6.86. The molecule has 0 bridgehead atoms. The Bertz CT molecular complexity index is 613. The largest absolute Gasteiger partial charge is 0.366 e. The molecule has 2 rings (SSSR count). The number of hydrogen-bond acceptors (Lipinski definition) is 2. The maximum atomic E-state index is 11.2. The average molecular weight is 229 g/mol. The molecule has 1 heterocycles. The monoisotopic (exact) mass is 229 g/mol. The molecular formula is C12H11N3O2. The minimum absolute atomic E-state index is 0.306. The van der Waals surface area contributed by atoms with E-state index >= 15 is 0 Å². The van der Waals surface area contributed by atoms with E-state index in [9.17, 15) is 9.59 Å². The van der Waals surface area contributed by atoms with Crippen molar-refractivity contribution in [1.29, 1.82) is 0 Å². The van der Waals surface area contributed by atoms with Crippen LogP contribution in [0.1, 0.15) is 10.4 Å². The molecule has 86 valence electrons. The number of H-pyrrole nitrogens is 1. The van der Waals surface area contributed by atoms with Crippen molar-refractivity contribution in [2.24, 2.45) is 5.73 Å². The number of primary amides is 1. The molecule has 0 spiro atoms. The van der Waals surface area contributed by atoms with Gasteiger partial charge in [0.25, 0.3) is 5.91 Å². The quantitative estimate of drug-likeness (QED) is 0.694. The third-order valence-corrected chi connectivity index (χ3v) is 2.43. The topological polar surface area (TPSA) is 88.0 Å². The Hall–Kier alpha value is -2.56. The first-order chi connectivity index (χ1) is 8.13. The lowest BCUT2D eigenvalue weighted by atomic mass is 10.1. The zero-order valence-electron chi connectivity index (χ0n) is 8.99. The number of rotatable bonds is 3. The van der Waals surface area contributed by atoms with Gasteiger partial charge in [0.2, 0.25) is 5.91 Å². The number of hydrogen-bond donors (Lipinski definition) is 3. The maximum Gasteiger partial charge on any atom is 0.250 e. The third-order valence-electron chi connectivity index (χ3n) is 2.43. The fraction of sp³-hybridized carbons (Fsp3) is 0. The zero-order valence-corrected chi connectivity index (χ0v) is 8.99. The lowest BCUT2D eigenvalue weighted by molar-refractivity contribution is -0.111. The Morgan fingerprint density at radius 3 is 2.76 bits per heavy atom. The molecule has 0 atom stereocenters. The van der Waals surface area contributed by atoms with Gasteiger partial charge in [-0.05, 0) is 24.3 Å². The molecule has 5 heteroatoms. The van der Waals surface area contributed by atoms with E-state index in [4.69, 9.17) is 5.73 Å². The Morgan fingerprint density at radius 2 is 2.12 bits per heavy atom. The molecule has 5 nitrogen and oxygen atoms in total. The van der Waals surface area contributed by atoms with E-state index in [0.29, 0.717) is 16.8 Å². The lowest BCUT2D eigenvalue weighted by Gasteiger charge is -2.06. The third kappa shape index (κ3) is 1.90. The van der Waals surface area contributed by atoms with Crippen molar-refractivity contribution >= 4 is 28.4 Å². The Morgan fingerprint density at radius 1 is 1.35 bits per heavy atom. The van der Waals surface area contributed by atoms with Crippen molar-refractivity contribution in [3.05, 3.63) is 42.6 Å². The van der Waals surface area contributed by atoms with Crippen molar-refractivity contribution in [1.82, 2.24) is 4.98 Å². The number of aromatic amines is 1. The van der Waals surface area contributed by atoms with Crippen molar-refractivity contribution in [3.63, 3.8) is 0 Å². The van der Waals surface area contributed by atoms with Crippen LogP contribution < -0.4 is 11.1 Å². The molecule has 0 aliphatic heterocycles. The molecule has 4 N–H and O–H groups in total. The van der Waals surface area contributed by atoms with Gasteiger partial charge in [-0.1, -0.05) is 6.58 Å². The molecule has 17 heavy (non-hydrogen) atoms. The Labute approximate surface area is 97.3 Å². The molecule has 0 aliphatic carbocycles. The van der Waals surface area contributed by atoms with Crippen LogP contribution in [0.25, 0.3) is 10.9 Å². The lowest BCUT2D eigenvalue weighted by Crippen LogP contribution is -2.12. The molecule has 2 aromatic rings. The Balaban J connectivity index is 2.57. The summed E-state index contributed by atoms with van der Waals surface area (Å²) < 4.78 is 0. The number of carbonyl (C=O) groups is 2. The fourth-order valence-corrected chi connectivity index (χ4v) is 1.65. The number of nitrogens with two attached hydrogens (primary N) is 1. The minimum Gasteiger partial charge on any atom is -0.366 e. The van der Waals surface area contributed by atoms with Crippen LogP contribution in [0.15, 0.2) is 37.1 Å². The highest BCUT2D eigenvalue weighted by atomic mass is 16.1. The predicted octanol–water partition coefficient (Wildman–Crippen LogP) is 1.39. The van der Waals surface area contributed by atoms with E-state index in [2.05, 4.69) is 16.9 Å². The number of fused-ring (bicyclic) bond motifs is 1. The molecule has 0 unspecified atom stereocenters. The Kier molecular flexibility index (Phi) is 2.66. The SMILES string of the molecule is C=CC(=O)Nc1ccc(C(N)=O)c2[nH]ccc12. The predicted molar refractivity (Wildman–Crippen MR) is 65.6 cm³/mol. The number of carbonyl (C=O) groups excluding carboxylic acids is 2. The van der Waals surface area contributed by atoms with Crippen molar-refractivity contribution in [2.45, 2.75) is 0 Å². The first-order valence-corrected chi connectivity index (χ1v) is 4.97. The van der Waals surface area contributed by atoms with Crippen LogP contribution in [0.4, 0.5) is 5.69 Å². The van der Waals surface area contributed by atoms with Gasteiger partial charge >= 0.3 is 0 Å². The van der Waals surface area contributed by atoms with Crippen molar-refractivity contribution in [3.8, 4) is 0 Å². The zero-order chi connectivity index (χ0) is 12.4. The van der Waals surface area contributed by atoms with Crippen LogP contribution in [0.2, 0.25) is 0 Å². The second-order valence-corrected chi connectivity index (χ2v) is 3.48. The highest BCUT2D eigenvalue weighted by molar-refractivity contribution is 6.11. The van der Waals surface area contributed by atoms with E-state index in [1.165, 1.54) is 6.08 Å². The molecule has 2 amide bonds. The molecule has 0 saturated heterocycles. The van der Waals surface area contributed by atoms with Crippen LogP contribution in [-0.2, 0) is 4.79 Å². The molecule has 1 aromatic heterocycles. The van der Waals surface area contributed by atoms with E-state index in [1.807, 2.05) is 0 Å². The van der Waals surface area contributed by atoms with Gasteiger partial charge in [-0.2, -0.15) is 0 Å². The van der Waals surface area contributed by atoms with Crippen molar-refractivity contribution in [2.75, 3.05) is 5.32 Å². The highest BCUT2D eigenvalue weighted by Crippen LogP contribution is 2.25. The first kappa shape index (κ1) is 10.9. The van der Waals surface area contributed by atoms with Gasteiger partial charge in [0.15, 0.2) is 0 Å². The van der Waals surface area contributed by atoms with E-state index in [1.54, 1.807) is 24.4 Å². The molecule has 1 aromatic carbocycles. The highest BCUT2D eigenvalue weighted by Gasteiger charge is 2.11. The van der Waals surface area contributed by atoms with Gasteiger partial charge in [0.1, 0.15) is 0 Å². The standard InChI is InChI=1S/C12H11N3O2/c1-2-10(16)15-9-4-3-8(12(13)17)11-7(9)5-6-14-11/h2-6,14H,1H2,(H2,13,17)(H,15,16). The normalized spacial score (nSPS) is 10.1. The number of benzene rings is 1. The summed E-state index contributed by atoms with van der Waals surface area (Å²) in [6, 6.07) is 4.97. The number of aromatic nitrogens is 1. The summed E-state index contributed by atoms with van der Waals surface area (Å²) in [7, 11) is 0. The van der Waals surface area contributed by atoms with Gasteiger partial charge in [0.05, 0.1) is 16.8 Å². The van der Waals surface area contributed by atoms with Crippen LogP contribution in [0.5, 0.6) is 0 Å². The second-order valence-electron chi connectivity index (χ2n) is 3.48. The summed E-state index contributed by atoms with van der Waals surface area (Å²) in [4.78, 5) is 25.4. The summed E-state index contributed by atoms with van der Waals surface area (Å²) in [5.74, 6) is -0.821. The van der Waals surface area contributed by atoms with E-state index in [0.717, 1.165) is 5.39 Å². The summed E-state index contributed by atoms with van der Waals surface area (Å²) >= 11 is 0. The summed E-state index contributed by atoms with van der Waals surface area (Å²) in [6.07, 6.45) is 2.86. The maximum absolute atomic E-state index is 11.2. The summed E-state index contributed by atoms with van der Waals surface area (Å²) in [5, 5.41) is 3.39. The molecular weight excluding hydrogens is 218 g/mol. The van der Waals surface area contributed by atoms with Crippen LogP contribution in [-0.4, -0.2) is 16.8 Å². The van der Waals surface area contributed by atoms with Gasteiger partial charge < -0.3 is 16.0 Å². The smallest absolute Gasteiger partial charge is 0.250 e. The minimum atomic E-state index is -0.515. The van der Waals surface area contributed by atoms with Crippen LogP contribution in [0, 0.1) is 0 Å². The number of nitrogens with one attached hydrogen (secondary N) is 2. The van der Waals surface area contributed by atoms with Gasteiger partial charge in [-0.15, -0.1) is 0 Å². The van der Waals surface area contributed by atoms with E-state index < -0.39 is 5.91 Å². The van der Waals surface area contributed by atoms with Crippen LogP contribution in [0.3, 0.4) is 0 Å². The first-order valence-electron chi connectivity index (χ1n) is 4.97. The van der Waals surface area contributed by atoms with Crippen LogP contribution >= 0.6 is 0 Å². The second kappa shape index (κ2) is 4.13. The molecule has 0 fully saturated rings. The fourth-order valence-electron chi connectivity index (χ4n) is 1.65. The van der Waals surface area contributed by atoms with Gasteiger partial charge in [0, 0.05) is 11.6 Å². The molecule has 0 saturated carbocycles. The summed E-state index contributed by atoms with van der Waals surface area (Å²) in [6.45, 7) is 3.38. The number of amides is 2. The number of anilines is 1. The van der Waals surface area contributed by atoms with E-state index in [-0.39, 0.29) is 5.91 Å². The molecule has 0 aliphatic rings.